The number of esters is 2. The lowest BCUT2D eigenvalue weighted by Gasteiger charge is -2.33. The number of hydrogen-bond acceptors (Lipinski definition) is 6. The van der Waals surface area contributed by atoms with E-state index in [9.17, 15) is 9.59 Å². The average Bonchev–Trinajstić information content (AvgIpc) is 3.07. The molecule has 5 aromatic rings. The van der Waals surface area contributed by atoms with Crippen LogP contribution in [0.3, 0.4) is 0 Å². The number of nitrogens with zero attached hydrogens (tertiary/aromatic N) is 2. The summed E-state index contributed by atoms with van der Waals surface area (Å²) in [5, 5.41) is 0. The number of carbonyl (C=O) groups is 2. The summed E-state index contributed by atoms with van der Waals surface area (Å²) < 4.78 is 10.8. The molecule has 6 heteroatoms. The molecule has 0 unspecified atom stereocenters. The minimum Gasteiger partial charge on any atom is -0.465 e. The molecule has 0 saturated heterocycles. The third-order valence-electron chi connectivity index (χ3n) is 7.49. The Balaban J connectivity index is 1.89. The Kier molecular flexibility index (Phi) is 9.40. The van der Waals surface area contributed by atoms with E-state index >= 15 is 0 Å². The first kappa shape index (κ1) is 30.1. The molecule has 222 valence electrons. The molecule has 0 heterocycles. The van der Waals surface area contributed by atoms with E-state index in [1.54, 1.807) is 19.1 Å². The van der Waals surface area contributed by atoms with Gasteiger partial charge in [-0.3, -0.25) is 0 Å². The van der Waals surface area contributed by atoms with Crippen LogP contribution in [0.1, 0.15) is 45.7 Å². The summed E-state index contributed by atoms with van der Waals surface area (Å²) in [6.07, 6.45) is 0.668. The molecule has 0 aliphatic rings. The van der Waals surface area contributed by atoms with Gasteiger partial charge in [0.1, 0.15) is 0 Å². The lowest BCUT2D eigenvalue weighted by Crippen LogP contribution is -2.21. The third-order valence-corrected chi connectivity index (χ3v) is 7.49. The smallest absolute Gasteiger partial charge is 0.340 e. The molecule has 5 aromatic carbocycles. The quantitative estimate of drug-likeness (QED) is 0.152. The molecule has 0 atom stereocenters. The zero-order valence-electron chi connectivity index (χ0n) is 25.5. The molecule has 44 heavy (non-hydrogen) atoms. The number of ether oxygens (including phenoxy) is 2. The van der Waals surface area contributed by atoms with E-state index in [1.165, 1.54) is 7.11 Å². The van der Waals surface area contributed by atoms with E-state index in [1.807, 2.05) is 89.8 Å². The average molecular weight is 585 g/mol. The van der Waals surface area contributed by atoms with Crippen molar-refractivity contribution in [1.82, 2.24) is 0 Å². The molecule has 0 N–H and O–H groups in total. The Morgan fingerprint density at radius 1 is 0.591 bits per heavy atom. The number of anilines is 6. The van der Waals surface area contributed by atoms with Crippen molar-refractivity contribution in [2.24, 2.45) is 0 Å². The molecule has 0 aliphatic heterocycles. The highest BCUT2D eigenvalue weighted by Crippen LogP contribution is 2.45. The number of carbonyl (C=O) groups excluding carboxylic acids is 2. The lowest BCUT2D eigenvalue weighted by molar-refractivity contribution is 0.0526. The van der Waals surface area contributed by atoms with Crippen LogP contribution in [0, 0.1) is 6.92 Å². The minimum atomic E-state index is -0.476. The summed E-state index contributed by atoms with van der Waals surface area (Å²) in [6.45, 7) is 6.19. The molecule has 0 aliphatic carbocycles. The zero-order chi connectivity index (χ0) is 31.1. The van der Waals surface area contributed by atoms with Gasteiger partial charge in [0.2, 0.25) is 0 Å². The summed E-state index contributed by atoms with van der Waals surface area (Å²) in [5.41, 5.74) is 7.67. The molecule has 0 amide bonds. The Morgan fingerprint density at radius 2 is 1.14 bits per heavy atom. The second kappa shape index (κ2) is 13.7. The Labute approximate surface area is 259 Å². The molecule has 5 rings (SSSR count). The topological polar surface area (TPSA) is 59.1 Å². The Morgan fingerprint density at radius 3 is 1.70 bits per heavy atom. The van der Waals surface area contributed by atoms with Crippen molar-refractivity contribution in [1.29, 1.82) is 0 Å². The maximum atomic E-state index is 13.7. The maximum absolute atomic E-state index is 13.7. The van der Waals surface area contributed by atoms with Crippen LogP contribution < -0.4 is 9.80 Å². The van der Waals surface area contributed by atoms with Gasteiger partial charge in [-0.15, -0.1) is 0 Å². The van der Waals surface area contributed by atoms with Crippen LogP contribution in [-0.4, -0.2) is 25.7 Å². The van der Waals surface area contributed by atoms with Crippen LogP contribution in [0.15, 0.2) is 121 Å². The highest BCUT2D eigenvalue weighted by molar-refractivity contribution is 6.04. The summed E-state index contributed by atoms with van der Waals surface area (Å²) in [7, 11) is 1.37. The summed E-state index contributed by atoms with van der Waals surface area (Å²) in [6, 6.07) is 39.3. The van der Waals surface area contributed by atoms with Crippen molar-refractivity contribution >= 4 is 46.1 Å². The molecular weight excluding hydrogens is 548 g/mol. The van der Waals surface area contributed by atoms with Crippen LogP contribution in [0.4, 0.5) is 34.1 Å². The van der Waals surface area contributed by atoms with Crippen LogP contribution >= 0.6 is 0 Å². The molecule has 0 aromatic heterocycles. The molecule has 0 spiro atoms. The SMILES string of the molecule is CCOC(=O)c1cc(CC)c(N(c2ccccc2)c2ccccc2C)cc1N(c1ccccc1)c1ccccc1C(=O)OC. The van der Waals surface area contributed by atoms with Gasteiger partial charge < -0.3 is 19.3 Å². The van der Waals surface area contributed by atoms with Gasteiger partial charge in [0.05, 0.1) is 41.9 Å². The van der Waals surface area contributed by atoms with Crippen molar-refractivity contribution < 1.29 is 19.1 Å². The van der Waals surface area contributed by atoms with Crippen molar-refractivity contribution in [3.05, 3.63) is 144 Å². The van der Waals surface area contributed by atoms with Gasteiger partial charge in [-0.2, -0.15) is 0 Å². The Hall–Kier alpha value is -5.36. The number of hydrogen-bond donors (Lipinski definition) is 0. The fraction of sp³-hybridized carbons (Fsp3) is 0.158. The number of aryl methyl sites for hydroxylation is 2. The van der Waals surface area contributed by atoms with E-state index in [2.05, 4.69) is 43.0 Å². The number of methoxy groups -OCH3 is 1. The monoisotopic (exact) mass is 584 g/mol. The van der Waals surface area contributed by atoms with E-state index in [4.69, 9.17) is 9.47 Å². The number of para-hydroxylation sites is 4. The lowest BCUT2D eigenvalue weighted by atomic mass is 9.99. The van der Waals surface area contributed by atoms with Crippen LogP contribution in [-0.2, 0) is 15.9 Å². The van der Waals surface area contributed by atoms with E-state index < -0.39 is 11.9 Å². The standard InChI is InChI=1S/C38H36N2O4/c1-5-28-25-32(38(42)44-6-2)36(26-35(28)39(29-18-9-7-10-19-29)33-23-15-13-17-27(33)3)40(30-20-11-8-12-21-30)34-24-16-14-22-31(34)37(41)43-4/h7-26H,5-6H2,1-4H3. The predicted octanol–water partition coefficient (Wildman–Crippen LogP) is 9.46. The molecule has 0 saturated carbocycles. The van der Waals surface area contributed by atoms with Crippen molar-refractivity contribution in [2.75, 3.05) is 23.5 Å². The van der Waals surface area contributed by atoms with E-state index in [0.717, 1.165) is 33.9 Å². The second-order valence-electron chi connectivity index (χ2n) is 10.2. The summed E-state index contributed by atoms with van der Waals surface area (Å²) >= 11 is 0. The second-order valence-corrected chi connectivity index (χ2v) is 10.2. The maximum Gasteiger partial charge on any atom is 0.340 e. The van der Waals surface area contributed by atoms with Crippen LogP contribution in [0.2, 0.25) is 0 Å². The minimum absolute atomic E-state index is 0.227. The first-order valence-electron chi connectivity index (χ1n) is 14.8. The molecular formula is C38H36N2O4. The van der Waals surface area contributed by atoms with Crippen molar-refractivity contribution in [2.45, 2.75) is 27.2 Å². The van der Waals surface area contributed by atoms with Crippen LogP contribution in [0.5, 0.6) is 0 Å². The molecule has 0 bridgehead atoms. The fourth-order valence-electron chi connectivity index (χ4n) is 5.41. The van der Waals surface area contributed by atoms with Gasteiger partial charge in [0, 0.05) is 17.1 Å². The normalized spacial score (nSPS) is 10.6. The zero-order valence-corrected chi connectivity index (χ0v) is 25.5. The Bertz CT molecular complexity index is 1750. The fourth-order valence-corrected chi connectivity index (χ4v) is 5.41. The van der Waals surface area contributed by atoms with E-state index in [0.29, 0.717) is 28.9 Å². The van der Waals surface area contributed by atoms with E-state index in [-0.39, 0.29) is 6.61 Å². The molecule has 0 fully saturated rings. The summed E-state index contributed by atoms with van der Waals surface area (Å²) in [4.78, 5) is 30.9. The molecule has 0 radical (unpaired) electrons. The first-order chi connectivity index (χ1) is 21.5. The van der Waals surface area contributed by atoms with Crippen LogP contribution in [0.25, 0.3) is 0 Å². The van der Waals surface area contributed by atoms with Crippen molar-refractivity contribution in [3.63, 3.8) is 0 Å². The highest BCUT2D eigenvalue weighted by Gasteiger charge is 2.28. The third kappa shape index (κ3) is 6.06. The number of rotatable bonds is 10. The largest absolute Gasteiger partial charge is 0.465 e. The van der Waals surface area contributed by atoms with Gasteiger partial charge in [-0.25, -0.2) is 9.59 Å². The van der Waals surface area contributed by atoms with Gasteiger partial charge in [0.15, 0.2) is 0 Å². The summed E-state index contributed by atoms with van der Waals surface area (Å²) in [5.74, 6) is -0.919. The van der Waals surface area contributed by atoms with Crippen molar-refractivity contribution in [3.8, 4) is 0 Å². The predicted molar refractivity (Wildman–Crippen MR) is 177 cm³/mol. The van der Waals surface area contributed by atoms with Gasteiger partial charge in [-0.05, 0) is 86.0 Å². The molecule has 6 nitrogen and oxygen atoms in total. The number of benzene rings is 5. The van der Waals surface area contributed by atoms with Gasteiger partial charge in [0.25, 0.3) is 0 Å². The highest BCUT2D eigenvalue weighted by atomic mass is 16.5. The van der Waals surface area contributed by atoms with Gasteiger partial charge in [-0.1, -0.05) is 73.7 Å². The first-order valence-corrected chi connectivity index (χ1v) is 14.8. The van der Waals surface area contributed by atoms with Gasteiger partial charge >= 0.3 is 11.9 Å².